The molecule has 2 atom stereocenters. The maximum Gasteiger partial charge on any atom is 0.310 e. The fourth-order valence-electron chi connectivity index (χ4n) is 1.89. The van der Waals surface area contributed by atoms with Crippen molar-refractivity contribution >= 4 is 5.97 Å². The van der Waals surface area contributed by atoms with Crippen LogP contribution in [0.4, 0.5) is 0 Å². The summed E-state index contributed by atoms with van der Waals surface area (Å²) in [6, 6.07) is 0. The molecule has 1 rings (SSSR count). The summed E-state index contributed by atoms with van der Waals surface area (Å²) in [5.41, 5.74) is 5.64. The molecule has 1 aliphatic carbocycles. The van der Waals surface area contributed by atoms with Gasteiger partial charge in [-0.3, -0.25) is 4.79 Å². The van der Waals surface area contributed by atoms with E-state index in [2.05, 4.69) is 0 Å². The zero-order valence-corrected chi connectivity index (χ0v) is 7.80. The highest BCUT2D eigenvalue weighted by molar-refractivity contribution is 5.74. The predicted molar refractivity (Wildman–Crippen MR) is 46.6 cm³/mol. The molecule has 3 nitrogen and oxygen atoms in total. The van der Waals surface area contributed by atoms with E-state index in [-0.39, 0.29) is 17.4 Å². The molecule has 2 N–H and O–H groups in total. The molecule has 1 fully saturated rings. The first-order valence-corrected chi connectivity index (χ1v) is 4.44. The van der Waals surface area contributed by atoms with Crippen LogP contribution in [-0.2, 0) is 9.53 Å². The van der Waals surface area contributed by atoms with Gasteiger partial charge in [-0.1, -0.05) is 12.8 Å². The molecule has 70 valence electrons. The molecule has 0 spiro atoms. The molecule has 0 radical (unpaired) electrons. The van der Waals surface area contributed by atoms with Crippen LogP contribution in [0.5, 0.6) is 0 Å². The van der Waals surface area contributed by atoms with E-state index in [0.29, 0.717) is 0 Å². The van der Waals surface area contributed by atoms with Gasteiger partial charge in [-0.25, -0.2) is 0 Å². The highest BCUT2D eigenvalue weighted by Crippen LogP contribution is 2.32. The Morgan fingerprint density at radius 3 is 2.75 bits per heavy atom. The summed E-state index contributed by atoms with van der Waals surface area (Å²) in [7, 11) is 1.42. The fraction of sp³-hybridized carbons (Fsp3) is 0.889. The van der Waals surface area contributed by atoms with Crippen LogP contribution in [-0.4, -0.2) is 18.6 Å². The second-order valence-corrected chi connectivity index (χ2v) is 3.83. The van der Waals surface area contributed by atoms with Crippen molar-refractivity contribution in [2.24, 2.45) is 11.7 Å². The van der Waals surface area contributed by atoms with Crippen molar-refractivity contribution in [3.63, 3.8) is 0 Å². The number of hydrogen-bond acceptors (Lipinski definition) is 3. The molecule has 0 aliphatic heterocycles. The lowest BCUT2D eigenvalue weighted by molar-refractivity contribution is -0.149. The minimum atomic E-state index is -0.356. The van der Waals surface area contributed by atoms with E-state index in [0.717, 1.165) is 25.7 Å². The third-order valence-corrected chi connectivity index (χ3v) is 2.74. The van der Waals surface area contributed by atoms with Crippen molar-refractivity contribution in [1.82, 2.24) is 0 Å². The first-order chi connectivity index (χ1) is 5.58. The van der Waals surface area contributed by atoms with E-state index in [4.69, 9.17) is 10.5 Å². The Morgan fingerprint density at radius 2 is 2.25 bits per heavy atom. The Bertz CT molecular complexity index is 177. The highest BCUT2D eigenvalue weighted by atomic mass is 16.5. The van der Waals surface area contributed by atoms with Gasteiger partial charge in [0.2, 0.25) is 0 Å². The molecular weight excluding hydrogens is 154 g/mol. The van der Waals surface area contributed by atoms with E-state index in [1.54, 1.807) is 0 Å². The zero-order valence-electron chi connectivity index (χ0n) is 7.80. The van der Waals surface area contributed by atoms with E-state index in [1.165, 1.54) is 7.11 Å². The lowest BCUT2D eigenvalue weighted by atomic mass is 9.75. The van der Waals surface area contributed by atoms with E-state index >= 15 is 0 Å². The largest absolute Gasteiger partial charge is 0.469 e. The maximum atomic E-state index is 11.3. The number of nitrogens with two attached hydrogens (primary N) is 1. The van der Waals surface area contributed by atoms with Crippen LogP contribution in [0.25, 0.3) is 0 Å². The highest BCUT2D eigenvalue weighted by Gasteiger charge is 2.38. The van der Waals surface area contributed by atoms with Crippen LogP contribution in [0.2, 0.25) is 0 Å². The summed E-state index contributed by atoms with van der Waals surface area (Å²) in [6.45, 7) is 1.94. The number of carbonyl (C=O) groups excluding carboxylic acids is 1. The van der Waals surface area contributed by atoms with Crippen LogP contribution < -0.4 is 5.73 Å². The number of esters is 1. The molecule has 12 heavy (non-hydrogen) atoms. The summed E-state index contributed by atoms with van der Waals surface area (Å²) in [4.78, 5) is 11.3. The van der Waals surface area contributed by atoms with Gasteiger partial charge in [0, 0.05) is 5.54 Å². The average Bonchev–Trinajstić information content (AvgIpc) is 2.02. The monoisotopic (exact) mass is 171 g/mol. The third kappa shape index (κ3) is 1.78. The molecular formula is C9H17NO2. The summed E-state index contributed by atoms with van der Waals surface area (Å²) >= 11 is 0. The van der Waals surface area contributed by atoms with Crippen molar-refractivity contribution < 1.29 is 9.53 Å². The van der Waals surface area contributed by atoms with Crippen molar-refractivity contribution in [3.8, 4) is 0 Å². The minimum Gasteiger partial charge on any atom is -0.469 e. The normalized spacial score (nSPS) is 36.1. The van der Waals surface area contributed by atoms with Crippen LogP contribution in [0.15, 0.2) is 0 Å². The topological polar surface area (TPSA) is 52.3 Å². The van der Waals surface area contributed by atoms with Crippen LogP contribution >= 0.6 is 0 Å². The zero-order chi connectivity index (χ0) is 9.19. The summed E-state index contributed by atoms with van der Waals surface area (Å²) in [6.07, 6.45) is 4.01. The fourth-order valence-corrected chi connectivity index (χ4v) is 1.89. The number of methoxy groups -OCH3 is 1. The van der Waals surface area contributed by atoms with Gasteiger partial charge >= 0.3 is 5.97 Å². The molecule has 0 saturated heterocycles. The third-order valence-electron chi connectivity index (χ3n) is 2.74. The first kappa shape index (κ1) is 9.52. The lowest BCUT2D eigenvalue weighted by Gasteiger charge is -2.36. The number of carbonyl (C=O) groups is 1. The molecule has 0 unspecified atom stereocenters. The number of ether oxygens (including phenoxy) is 1. The molecule has 3 heteroatoms. The van der Waals surface area contributed by atoms with Crippen molar-refractivity contribution in [1.29, 1.82) is 0 Å². The molecule has 0 aromatic carbocycles. The summed E-state index contributed by atoms with van der Waals surface area (Å²) < 4.78 is 4.71. The predicted octanol–water partition coefficient (Wildman–Crippen LogP) is 1.07. The van der Waals surface area contributed by atoms with Crippen molar-refractivity contribution in [2.45, 2.75) is 38.1 Å². The van der Waals surface area contributed by atoms with Gasteiger partial charge in [0.25, 0.3) is 0 Å². The Kier molecular flexibility index (Phi) is 2.73. The van der Waals surface area contributed by atoms with E-state index in [1.807, 2.05) is 6.92 Å². The lowest BCUT2D eigenvalue weighted by Crippen LogP contribution is -2.50. The molecule has 0 amide bonds. The van der Waals surface area contributed by atoms with Gasteiger partial charge in [-0.2, -0.15) is 0 Å². The maximum absolute atomic E-state index is 11.3. The standard InChI is InChI=1S/C9H17NO2/c1-9(10)6-4-3-5-7(9)8(11)12-2/h7H,3-6,10H2,1-2H3/t7-,9-/m1/s1. The second kappa shape index (κ2) is 3.44. The summed E-state index contributed by atoms with van der Waals surface area (Å²) in [5.74, 6) is -0.254. The number of hydrogen-bond donors (Lipinski definition) is 1. The summed E-state index contributed by atoms with van der Waals surface area (Å²) in [5, 5.41) is 0. The van der Waals surface area contributed by atoms with Crippen molar-refractivity contribution in [2.75, 3.05) is 7.11 Å². The van der Waals surface area contributed by atoms with Crippen LogP contribution in [0, 0.1) is 5.92 Å². The molecule has 0 heterocycles. The minimum absolute atomic E-state index is 0.101. The Hall–Kier alpha value is -0.570. The SMILES string of the molecule is COC(=O)[C@H]1CCCC[C@@]1(C)N. The van der Waals surface area contributed by atoms with E-state index in [9.17, 15) is 4.79 Å². The van der Waals surface area contributed by atoms with E-state index < -0.39 is 0 Å². The Morgan fingerprint density at radius 1 is 1.58 bits per heavy atom. The molecule has 0 bridgehead atoms. The first-order valence-electron chi connectivity index (χ1n) is 4.44. The molecule has 1 saturated carbocycles. The molecule has 1 aliphatic rings. The van der Waals surface area contributed by atoms with Gasteiger partial charge in [-0.05, 0) is 19.8 Å². The van der Waals surface area contributed by atoms with Gasteiger partial charge < -0.3 is 10.5 Å². The molecule has 0 aromatic rings. The van der Waals surface area contributed by atoms with Crippen LogP contribution in [0.3, 0.4) is 0 Å². The van der Waals surface area contributed by atoms with Gasteiger partial charge in [0.1, 0.15) is 0 Å². The Balaban J connectivity index is 2.66. The van der Waals surface area contributed by atoms with Gasteiger partial charge in [0.15, 0.2) is 0 Å². The van der Waals surface area contributed by atoms with Gasteiger partial charge in [0.05, 0.1) is 13.0 Å². The number of rotatable bonds is 1. The quantitative estimate of drug-likeness (QED) is 0.600. The molecule has 0 aromatic heterocycles. The van der Waals surface area contributed by atoms with Crippen molar-refractivity contribution in [3.05, 3.63) is 0 Å². The average molecular weight is 171 g/mol. The van der Waals surface area contributed by atoms with Gasteiger partial charge in [-0.15, -0.1) is 0 Å². The Labute approximate surface area is 73.3 Å². The second-order valence-electron chi connectivity index (χ2n) is 3.83. The van der Waals surface area contributed by atoms with Crippen LogP contribution in [0.1, 0.15) is 32.6 Å². The smallest absolute Gasteiger partial charge is 0.310 e.